The van der Waals surface area contributed by atoms with E-state index in [0.29, 0.717) is 18.8 Å². The second-order valence-electron chi connectivity index (χ2n) is 3.15. The highest BCUT2D eigenvalue weighted by molar-refractivity contribution is 5.48. The molecule has 0 saturated carbocycles. The van der Waals surface area contributed by atoms with Crippen LogP contribution >= 0.6 is 0 Å². The van der Waals surface area contributed by atoms with Crippen LogP contribution in [0.1, 0.15) is 0 Å². The Morgan fingerprint density at radius 2 is 1.59 bits per heavy atom. The number of nitrogens with zero attached hydrogens (tertiary/aromatic N) is 1. The van der Waals surface area contributed by atoms with Crippen LogP contribution in [0.25, 0.3) is 0 Å². The van der Waals surface area contributed by atoms with Gasteiger partial charge in [0.25, 0.3) is 0 Å². The fourth-order valence-corrected chi connectivity index (χ4v) is 1.38. The van der Waals surface area contributed by atoms with Gasteiger partial charge in [-0.25, -0.2) is 5.26 Å². The van der Waals surface area contributed by atoms with Gasteiger partial charge in [0, 0.05) is 23.8 Å². The summed E-state index contributed by atoms with van der Waals surface area (Å²) in [6.07, 6.45) is 0. The van der Waals surface area contributed by atoms with Crippen LogP contribution in [-0.2, 0) is 10.1 Å². The Kier molecular flexibility index (Phi) is 6.30. The summed E-state index contributed by atoms with van der Waals surface area (Å²) in [4.78, 5) is 6.33. The summed E-state index contributed by atoms with van der Waals surface area (Å²) in [5, 5.41) is 32.8. The largest absolute Gasteiger partial charge is 0.395 e. The molecule has 0 unspecified atom stereocenters. The van der Waals surface area contributed by atoms with Gasteiger partial charge in [0.2, 0.25) is 0 Å². The summed E-state index contributed by atoms with van der Waals surface area (Å²) in [6, 6.07) is 6.63. The molecule has 0 atom stereocenters. The first-order valence-corrected chi connectivity index (χ1v) is 5.03. The van der Waals surface area contributed by atoms with Crippen molar-refractivity contribution in [2.75, 3.05) is 31.2 Å². The average Bonchev–Trinajstić information content (AvgIpc) is 2.37. The molecule has 1 aromatic rings. The van der Waals surface area contributed by atoms with Crippen LogP contribution in [0, 0.1) is 0 Å². The van der Waals surface area contributed by atoms with Gasteiger partial charge >= 0.3 is 0 Å². The summed E-state index contributed by atoms with van der Waals surface area (Å²) < 4.78 is 0. The lowest BCUT2D eigenvalue weighted by Gasteiger charge is -2.22. The summed E-state index contributed by atoms with van der Waals surface area (Å²) >= 11 is 0. The molecule has 0 bridgehead atoms. The molecule has 0 aliphatic carbocycles. The van der Waals surface area contributed by atoms with E-state index in [0.717, 1.165) is 5.69 Å². The van der Waals surface area contributed by atoms with Gasteiger partial charge in [-0.2, -0.15) is 0 Å². The molecule has 0 amide bonds. The second-order valence-corrected chi connectivity index (χ2v) is 3.15. The molecule has 7 nitrogen and oxygen atoms in total. The van der Waals surface area contributed by atoms with Crippen LogP contribution in [0.4, 0.5) is 5.69 Å². The molecular weight excluding hydrogens is 230 g/mol. The fourth-order valence-electron chi connectivity index (χ4n) is 1.38. The molecular formula is C10H15NO6. The number of aliphatic hydroxyl groups excluding tert-OH is 2. The van der Waals surface area contributed by atoms with Crippen molar-refractivity contribution in [3.8, 4) is 5.75 Å². The highest BCUT2D eigenvalue weighted by atomic mass is 17.6. The van der Waals surface area contributed by atoms with Crippen molar-refractivity contribution in [1.82, 2.24) is 0 Å². The third-order valence-electron chi connectivity index (χ3n) is 2.10. The van der Waals surface area contributed by atoms with E-state index >= 15 is 0 Å². The predicted octanol–water partition coefficient (Wildman–Crippen LogP) is 0.193. The first-order chi connectivity index (χ1) is 8.31. The zero-order chi connectivity index (χ0) is 12.5. The van der Waals surface area contributed by atoms with Gasteiger partial charge < -0.3 is 20.0 Å². The quantitative estimate of drug-likeness (QED) is 0.445. The van der Waals surface area contributed by atoms with Crippen molar-refractivity contribution in [2.45, 2.75) is 0 Å². The van der Waals surface area contributed by atoms with Crippen LogP contribution in [0.5, 0.6) is 5.75 Å². The number of hydrogen-bond donors (Lipinski definition) is 3. The maximum atomic E-state index is 8.88. The highest BCUT2D eigenvalue weighted by Crippen LogP contribution is 2.19. The summed E-state index contributed by atoms with van der Waals surface area (Å²) in [5.74, 6) is 0.343. The van der Waals surface area contributed by atoms with E-state index in [1.54, 1.807) is 24.3 Å². The van der Waals surface area contributed by atoms with Crippen LogP contribution < -0.4 is 9.79 Å². The van der Waals surface area contributed by atoms with Gasteiger partial charge in [-0.3, -0.25) is 0 Å². The van der Waals surface area contributed by atoms with E-state index in [1.165, 1.54) is 0 Å². The Bertz CT molecular complexity index is 298. The molecule has 0 aliphatic rings. The van der Waals surface area contributed by atoms with Gasteiger partial charge in [0.05, 0.1) is 13.2 Å². The van der Waals surface area contributed by atoms with Gasteiger partial charge in [-0.1, -0.05) is 0 Å². The summed E-state index contributed by atoms with van der Waals surface area (Å²) in [7, 11) is 0. The predicted molar refractivity (Wildman–Crippen MR) is 58.3 cm³/mol. The van der Waals surface area contributed by atoms with Crippen molar-refractivity contribution in [3.63, 3.8) is 0 Å². The molecule has 0 saturated heterocycles. The Morgan fingerprint density at radius 3 is 2.06 bits per heavy atom. The third-order valence-corrected chi connectivity index (χ3v) is 2.10. The van der Waals surface area contributed by atoms with Crippen LogP contribution in [0.3, 0.4) is 0 Å². The van der Waals surface area contributed by atoms with Crippen molar-refractivity contribution in [2.24, 2.45) is 0 Å². The van der Waals surface area contributed by atoms with Gasteiger partial charge in [-0.15, -0.1) is 0 Å². The van der Waals surface area contributed by atoms with Gasteiger partial charge in [-0.05, 0) is 29.3 Å². The zero-order valence-corrected chi connectivity index (χ0v) is 9.15. The Morgan fingerprint density at radius 1 is 1.00 bits per heavy atom. The molecule has 0 radical (unpaired) electrons. The van der Waals surface area contributed by atoms with Crippen LogP contribution in [0.15, 0.2) is 24.3 Å². The molecule has 3 N–H and O–H groups in total. The SMILES string of the molecule is OCCN(CCO)c1ccc(OOOO)cc1. The number of rotatable bonds is 8. The Hall–Kier alpha value is -1.38. The smallest absolute Gasteiger partial charge is 0.168 e. The minimum Gasteiger partial charge on any atom is -0.395 e. The zero-order valence-electron chi connectivity index (χ0n) is 9.15. The molecule has 17 heavy (non-hydrogen) atoms. The third kappa shape index (κ3) is 4.55. The first-order valence-electron chi connectivity index (χ1n) is 5.03. The first kappa shape index (κ1) is 13.7. The van der Waals surface area contributed by atoms with E-state index in [2.05, 4.69) is 15.0 Å². The average molecular weight is 245 g/mol. The maximum absolute atomic E-state index is 8.88. The molecule has 0 aliphatic heterocycles. The van der Waals surface area contributed by atoms with Crippen LogP contribution in [0.2, 0.25) is 0 Å². The number of hydrogen-bond acceptors (Lipinski definition) is 7. The Labute approximate surface area is 98.2 Å². The lowest BCUT2D eigenvalue weighted by atomic mass is 10.2. The van der Waals surface area contributed by atoms with Crippen molar-refractivity contribution >= 4 is 5.69 Å². The molecule has 7 heteroatoms. The molecule has 96 valence electrons. The highest BCUT2D eigenvalue weighted by Gasteiger charge is 2.05. The summed E-state index contributed by atoms with van der Waals surface area (Å²) in [5.41, 5.74) is 0.824. The minimum absolute atomic E-state index is 0.000283. The maximum Gasteiger partial charge on any atom is 0.168 e. The standard InChI is InChI=1S/C10H15NO6/c12-7-5-11(6-8-13)9-1-3-10(4-2-9)15-17-16-14/h1-4,12-14H,5-8H2. The number of benzene rings is 1. The Balaban J connectivity index is 2.63. The fraction of sp³-hybridized carbons (Fsp3) is 0.400. The van der Waals surface area contributed by atoms with E-state index < -0.39 is 0 Å². The van der Waals surface area contributed by atoms with E-state index in [-0.39, 0.29) is 13.2 Å². The van der Waals surface area contributed by atoms with Gasteiger partial charge in [0.1, 0.15) is 0 Å². The minimum atomic E-state index is -0.000283. The topological polar surface area (TPSA) is 91.6 Å². The van der Waals surface area contributed by atoms with Crippen molar-refractivity contribution in [3.05, 3.63) is 24.3 Å². The number of aliphatic hydroxyl groups is 2. The second kappa shape index (κ2) is 7.82. The molecule has 1 rings (SSSR count). The summed E-state index contributed by atoms with van der Waals surface area (Å²) in [6.45, 7) is 0.855. The molecule has 1 aromatic carbocycles. The van der Waals surface area contributed by atoms with E-state index in [1.807, 2.05) is 4.90 Å². The van der Waals surface area contributed by atoms with E-state index in [9.17, 15) is 0 Å². The molecule has 0 fully saturated rings. The molecule has 0 heterocycles. The van der Waals surface area contributed by atoms with Crippen molar-refractivity contribution in [1.29, 1.82) is 0 Å². The lowest BCUT2D eigenvalue weighted by molar-refractivity contribution is -0.594. The normalized spacial score (nSPS) is 10.3. The van der Waals surface area contributed by atoms with Crippen LogP contribution in [-0.4, -0.2) is 41.8 Å². The van der Waals surface area contributed by atoms with Gasteiger partial charge in [0.15, 0.2) is 5.75 Å². The molecule has 0 aromatic heterocycles. The number of anilines is 1. The lowest BCUT2D eigenvalue weighted by Crippen LogP contribution is -2.29. The monoisotopic (exact) mass is 245 g/mol. The molecule has 0 spiro atoms. The van der Waals surface area contributed by atoms with Crippen molar-refractivity contribution < 1.29 is 30.4 Å². The van der Waals surface area contributed by atoms with E-state index in [4.69, 9.17) is 15.5 Å².